The van der Waals surface area contributed by atoms with Gasteiger partial charge in [0.05, 0.1) is 0 Å². The number of hydrogen-bond donors (Lipinski definition) is 0. The quantitative estimate of drug-likeness (QED) is 0.471. The van der Waals surface area contributed by atoms with Crippen LogP contribution < -0.4 is 5.63 Å². The summed E-state index contributed by atoms with van der Waals surface area (Å²) in [6.45, 7) is 10.2. The zero-order valence-corrected chi connectivity index (χ0v) is 14.6. The van der Waals surface area contributed by atoms with Crippen molar-refractivity contribution in [3.63, 3.8) is 0 Å². The molecule has 1 aromatic carbocycles. The van der Waals surface area contributed by atoms with E-state index < -0.39 is 0 Å². The second kappa shape index (κ2) is 5.88. The highest BCUT2D eigenvalue weighted by Crippen LogP contribution is 2.34. The highest BCUT2D eigenvalue weighted by Gasteiger charge is 2.18. The topological polar surface area (TPSA) is 43.4 Å². The lowest BCUT2D eigenvalue weighted by Crippen LogP contribution is -2.10. The van der Waals surface area contributed by atoms with Gasteiger partial charge >= 0.3 is 5.63 Å². The van der Waals surface area contributed by atoms with Crippen molar-refractivity contribution in [2.24, 2.45) is 0 Å². The monoisotopic (exact) mass is 312 g/mol. The van der Waals surface area contributed by atoms with Gasteiger partial charge in [-0.3, -0.25) is 0 Å². The Bertz CT molecular complexity index is 941. The first-order chi connectivity index (χ1) is 11.0. The van der Waals surface area contributed by atoms with Crippen molar-refractivity contribution in [1.29, 1.82) is 0 Å². The second-order valence-electron chi connectivity index (χ2n) is 6.49. The molecular weight excluding hydrogens is 288 g/mol. The van der Waals surface area contributed by atoms with Gasteiger partial charge in [-0.15, -0.1) is 0 Å². The summed E-state index contributed by atoms with van der Waals surface area (Å²) in [5, 5.41) is 2.15. The van der Waals surface area contributed by atoms with Crippen molar-refractivity contribution in [1.82, 2.24) is 0 Å². The van der Waals surface area contributed by atoms with E-state index in [1.54, 1.807) is 0 Å². The Labute approximate surface area is 136 Å². The third kappa shape index (κ3) is 2.48. The molecule has 0 saturated carbocycles. The molecule has 122 valence electrons. The Balaban J connectivity index is 2.29. The molecular formula is C20H24O3. The van der Waals surface area contributed by atoms with Crippen LogP contribution >= 0.6 is 0 Å². The zero-order valence-electron chi connectivity index (χ0n) is 14.6. The number of fused-ring (bicyclic) bond motifs is 2. The van der Waals surface area contributed by atoms with Crippen LogP contribution in [0.5, 0.6) is 0 Å². The van der Waals surface area contributed by atoms with Gasteiger partial charge in [0.25, 0.3) is 0 Å². The highest BCUT2D eigenvalue weighted by molar-refractivity contribution is 6.00. The van der Waals surface area contributed by atoms with Gasteiger partial charge in [-0.25, -0.2) is 4.79 Å². The Kier molecular flexibility index (Phi) is 4.05. The molecule has 2 aromatic heterocycles. The van der Waals surface area contributed by atoms with Crippen LogP contribution in [0.1, 0.15) is 54.2 Å². The molecule has 0 aliphatic rings. The Morgan fingerprint density at radius 1 is 0.870 bits per heavy atom. The lowest BCUT2D eigenvalue weighted by atomic mass is 9.97. The summed E-state index contributed by atoms with van der Waals surface area (Å²) in [5.41, 5.74) is 5.23. The first-order valence-corrected chi connectivity index (χ1v) is 8.41. The van der Waals surface area contributed by atoms with Crippen LogP contribution in [0.4, 0.5) is 0 Å². The van der Waals surface area contributed by atoms with Crippen molar-refractivity contribution in [3.05, 3.63) is 44.5 Å². The molecule has 0 N–H and O–H groups in total. The minimum Gasteiger partial charge on any atom is -0.461 e. The number of benzene rings is 1. The van der Waals surface area contributed by atoms with Crippen LogP contribution in [0.15, 0.2) is 19.7 Å². The normalized spacial score (nSPS) is 11.7. The van der Waals surface area contributed by atoms with Crippen molar-refractivity contribution in [3.8, 4) is 0 Å². The minimum absolute atomic E-state index is 0.200. The van der Waals surface area contributed by atoms with Crippen molar-refractivity contribution in [2.75, 3.05) is 0 Å². The Morgan fingerprint density at radius 2 is 1.52 bits per heavy atom. The maximum Gasteiger partial charge on any atom is 0.339 e. The van der Waals surface area contributed by atoms with E-state index in [0.29, 0.717) is 5.58 Å². The summed E-state index contributed by atoms with van der Waals surface area (Å²) in [6, 6.07) is 2.12. The first kappa shape index (κ1) is 15.9. The SMILES string of the molecule is CCCCCc1c(C)c2cc3c(C)c(C)oc3c(C)c2oc1=O. The van der Waals surface area contributed by atoms with Gasteiger partial charge in [0.15, 0.2) is 0 Å². The summed E-state index contributed by atoms with van der Waals surface area (Å²) >= 11 is 0. The van der Waals surface area contributed by atoms with E-state index in [9.17, 15) is 4.79 Å². The van der Waals surface area contributed by atoms with E-state index in [2.05, 4.69) is 19.9 Å². The van der Waals surface area contributed by atoms with Gasteiger partial charge in [-0.2, -0.15) is 0 Å². The molecule has 3 heteroatoms. The largest absolute Gasteiger partial charge is 0.461 e. The van der Waals surface area contributed by atoms with Crippen molar-refractivity contribution >= 4 is 21.9 Å². The van der Waals surface area contributed by atoms with Gasteiger partial charge in [-0.05, 0) is 57.7 Å². The summed E-state index contributed by atoms with van der Waals surface area (Å²) in [5.74, 6) is 0.918. The molecule has 0 atom stereocenters. The number of aryl methyl sites for hydroxylation is 4. The van der Waals surface area contributed by atoms with Crippen LogP contribution in [0.25, 0.3) is 21.9 Å². The van der Waals surface area contributed by atoms with E-state index in [0.717, 1.165) is 70.1 Å². The standard InChI is InChI=1S/C20H24O3/c1-6-7-8-9-15-12(3)17-10-16-11(2)14(5)22-18(16)13(4)19(17)23-20(15)21/h10H,6-9H2,1-5H3. The average Bonchev–Trinajstić information content (AvgIpc) is 2.80. The van der Waals surface area contributed by atoms with Gasteiger partial charge in [0.2, 0.25) is 0 Å². The van der Waals surface area contributed by atoms with E-state index in [1.165, 1.54) is 0 Å². The van der Waals surface area contributed by atoms with Crippen LogP contribution in [0.2, 0.25) is 0 Å². The Morgan fingerprint density at radius 3 is 2.22 bits per heavy atom. The van der Waals surface area contributed by atoms with Gasteiger partial charge < -0.3 is 8.83 Å². The molecule has 2 heterocycles. The third-order valence-electron chi connectivity index (χ3n) is 4.97. The third-order valence-corrected chi connectivity index (χ3v) is 4.97. The van der Waals surface area contributed by atoms with Crippen molar-refractivity contribution < 1.29 is 8.83 Å². The molecule has 3 nitrogen and oxygen atoms in total. The lowest BCUT2D eigenvalue weighted by Gasteiger charge is -2.09. The molecule has 23 heavy (non-hydrogen) atoms. The van der Waals surface area contributed by atoms with Crippen LogP contribution in [0, 0.1) is 27.7 Å². The summed E-state index contributed by atoms with van der Waals surface area (Å²) in [6.07, 6.45) is 4.09. The molecule has 0 unspecified atom stereocenters. The molecule has 3 rings (SSSR count). The molecule has 0 bridgehead atoms. The van der Waals surface area contributed by atoms with E-state index >= 15 is 0 Å². The first-order valence-electron chi connectivity index (χ1n) is 8.41. The van der Waals surface area contributed by atoms with Crippen LogP contribution in [-0.2, 0) is 6.42 Å². The fourth-order valence-electron chi connectivity index (χ4n) is 3.33. The van der Waals surface area contributed by atoms with Gasteiger partial charge in [0, 0.05) is 21.9 Å². The Hall–Kier alpha value is -2.03. The maximum atomic E-state index is 12.4. The molecule has 0 aliphatic heterocycles. The van der Waals surface area contributed by atoms with E-state index in [4.69, 9.17) is 8.83 Å². The molecule has 0 saturated heterocycles. The molecule has 0 amide bonds. The molecule has 3 aromatic rings. The fourth-order valence-corrected chi connectivity index (χ4v) is 3.33. The van der Waals surface area contributed by atoms with Gasteiger partial charge in [0.1, 0.15) is 16.9 Å². The van der Waals surface area contributed by atoms with E-state index in [1.807, 2.05) is 20.8 Å². The van der Waals surface area contributed by atoms with Crippen LogP contribution in [0.3, 0.4) is 0 Å². The molecule has 0 radical (unpaired) electrons. The lowest BCUT2D eigenvalue weighted by molar-refractivity contribution is 0.538. The predicted molar refractivity (Wildman–Crippen MR) is 94.4 cm³/mol. The summed E-state index contributed by atoms with van der Waals surface area (Å²) in [7, 11) is 0. The maximum absolute atomic E-state index is 12.4. The minimum atomic E-state index is -0.200. The van der Waals surface area contributed by atoms with Gasteiger partial charge in [-0.1, -0.05) is 19.8 Å². The van der Waals surface area contributed by atoms with Crippen molar-refractivity contribution in [2.45, 2.75) is 60.3 Å². The number of hydrogen-bond acceptors (Lipinski definition) is 3. The number of furan rings is 1. The highest BCUT2D eigenvalue weighted by atomic mass is 16.4. The predicted octanol–water partition coefficient (Wildman–Crippen LogP) is 5.51. The van der Waals surface area contributed by atoms with E-state index in [-0.39, 0.29) is 5.63 Å². The second-order valence-corrected chi connectivity index (χ2v) is 6.49. The number of unbranched alkanes of at least 4 members (excludes halogenated alkanes) is 2. The van der Waals surface area contributed by atoms with Crippen LogP contribution in [-0.4, -0.2) is 0 Å². The average molecular weight is 312 g/mol. The smallest absolute Gasteiger partial charge is 0.339 e. The molecule has 0 spiro atoms. The molecule has 0 aliphatic carbocycles. The zero-order chi connectivity index (χ0) is 16.7. The summed E-state index contributed by atoms with van der Waals surface area (Å²) < 4.78 is 11.5. The summed E-state index contributed by atoms with van der Waals surface area (Å²) in [4.78, 5) is 12.4. The number of rotatable bonds is 4. The fraction of sp³-hybridized carbons (Fsp3) is 0.450. The molecule has 0 fully saturated rings.